The Balaban J connectivity index is 2.19. The van der Waals surface area contributed by atoms with E-state index in [9.17, 15) is 79.2 Å². The van der Waals surface area contributed by atoms with Crippen LogP contribution in [0.25, 0.3) is 53.9 Å². The number of carbonyl (C=O) groups is 8. The summed E-state index contributed by atoms with van der Waals surface area (Å²) in [6.07, 6.45) is 0. The minimum absolute atomic E-state index is 0.250. The van der Waals surface area contributed by atoms with Gasteiger partial charge in [-0.3, -0.25) is 0 Å². The first-order valence-corrected chi connectivity index (χ1v) is 13.1. The summed E-state index contributed by atoms with van der Waals surface area (Å²) in [6, 6.07) is 4.76. The summed E-state index contributed by atoms with van der Waals surface area (Å²) < 4.78 is 0. The monoisotopic (exact) mass is 654 g/mol. The van der Waals surface area contributed by atoms with Crippen molar-refractivity contribution in [2.45, 2.75) is 0 Å². The molecule has 0 saturated carbocycles. The Morgan fingerprint density at radius 3 is 0.708 bits per heavy atom. The van der Waals surface area contributed by atoms with E-state index in [0.717, 1.165) is 36.4 Å². The summed E-state index contributed by atoms with van der Waals surface area (Å²) in [4.78, 5) is 99.3. The first-order valence-electron chi connectivity index (χ1n) is 13.1. The molecule has 0 heterocycles. The molecule has 0 aromatic heterocycles. The zero-order chi connectivity index (χ0) is 35.3. The molecule has 6 rings (SSSR count). The summed E-state index contributed by atoms with van der Waals surface area (Å²) in [6.45, 7) is 0. The summed E-state index contributed by atoms with van der Waals surface area (Å²) in [7, 11) is 0. The van der Waals surface area contributed by atoms with Gasteiger partial charge in [-0.15, -0.1) is 0 Å². The van der Waals surface area contributed by atoms with Crippen LogP contribution in [0.4, 0.5) is 0 Å². The summed E-state index contributed by atoms with van der Waals surface area (Å²) in [5.74, 6) is -14.5. The third-order valence-electron chi connectivity index (χ3n) is 8.15. The van der Waals surface area contributed by atoms with Crippen molar-refractivity contribution >= 4 is 102 Å². The SMILES string of the molecule is O=C(O)c1cc2c(cc1C(=O)O)c1c(C(=O)O)c(C(=O)O)cc3c4cc(C(=O)O)c(C(=O)O)cc4c4c(C(=O)O)c(C(=O)O)cc2c4c31. The van der Waals surface area contributed by atoms with Crippen LogP contribution in [0.15, 0.2) is 36.4 Å². The van der Waals surface area contributed by atoms with E-state index in [1.807, 2.05) is 0 Å². The van der Waals surface area contributed by atoms with Crippen LogP contribution in [-0.2, 0) is 0 Å². The lowest BCUT2D eigenvalue weighted by atomic mass is 9.79. The van der Waals surface area contributed by atoms with Crippen molar-refractivity contribution in [2.75, 3.05) is 0 Å². The molecule has 238 valence electrons. The molecule has 0 saturated heterocycles. The maximum atomic E-state index is 12.8. The molecule has 16 heteroatoms. The van der Waals surface area contributed by atoms with Crippen molar-refractivity contribution in [1.82, 2.24) is 0 Å². The fraction of sp³-hybridized carbons (Fsp3) is 0. The molecular formula is C32H14O16. The number of hydrogen-bond acceptors (Lipinski definition) is 8. The first-order chi connectivity index (χ1) is 22.5. The predicted molar refractivity (Wildman–Crippen MR) is 161 cm³/mol. The van der Waals surface area contributed by atoms with Gasteiger partial charge in [-0.1, -0.05) is 0 Å². The molecular weight excluding hydrogens is 640 g/mol. The molecule has 48 heavy (non-hydrogen) atoms. The molecule has 16 nitrogen and oxygen atoms in total. The molecule has 6 aromatic rings. The van der Waals surface area contributed by atoms with Crippen LogP contribution < -0.4 is 0 Å². The van der Waals surface area contributed by atoms with Gasteiger partial charge in [0.2, 0.25) is 0 Å². The number of benzene rings is 6. The number of aromatic carboxylic acids is 8. The van der Waals surface area contributed by atoms with Gasteiger partial charge in [-0.05, 0) is 79.5 Å². The largest absolute Gasteiger partial charge is 0.478 e. The van der Waals surface area contributed by atoms with Crippen LogP contribution in [0.1, 0.15) is 82.9 Å². The van der Waals surface area contributed by atoms with Crippen LogP contribution in [0, 0.1) is 0 Å². The average molecular weight is 654 g/mol. The highest BCUT2D eigenvalue weighted by molar-refractivity contribution is 6.45. The van der Waals surface area contributed by atoms with Crippen LogP contribution in [-0.4, -0.2) is 88.6 Å². The second-order valence-corrected chi connectivity index (χ2v) is 10.5. The summed E-state index contributed by atoms with van der Waals surface area (Å²) in [5.41, 5.74) is -7.13. The Kier molecular flexibility index (Phi) is 6.44. The minimum Gasteiger partial charge on any atom is -0.478 e. The lowest BCUT2D eigenvalue weighted by Gasteiger charge is -2.23. The number of rotatable bonds is 8. The standard InChI is InChI=1S/C32H14O16/c33-25(34)13-1-7-9(3-15(13)27(37)38)21-20-12(6-18(30(43)44)23(21)31(45)46)8-2-14(26(35)36)16(28(39)40)4-10(8)22-19(20)11(7)5-17(29(41)42)24(22)32(47)48/h1-6H,(H,33,34)(H,35,36)(H,37,38)(H,39,40)(H,41,42)(H,43,44)(H,45,46)(H,47,48). The zero-order valence-electron chi connectivity index (χ0n) is 23.3. The fourth-order valence-corrected chi connectivity index (χ4v) is 6.40. The molecule has 0 radical (unpaired) electrons. The van der Waals surface area contributed by atoms with Crippen LogP contribution in [0.5, 0.6) is 0 Å². The van der Waals surface area contributed by atoms with E-state index in [1.54, 1.807) is 0 Å². The van der Waals surface area contributed by atoms with Crippen LogP contribution in [0.2, 0.25) is 0 Å². The van der Waals surface area contributed by atoms with Gasteiger partial charge in [-0.25, -0.2) is 38.4 Å². The van der Waals surface area contributed by atoms with Gasteiger partial charge in [0.15, 0.2) is 0 Å². The van der Waals surface area contributed by atoms with E-state index in [2.05, 4.69) is 0 Å². The molecule has 0 amide bonds. The third-order valence-corrected chi connectivity index (χ3v) is 8.15. The molecule has 0 unspecified atom stereocenters. The van der Waals surface area contributed by atoms with Crippen LogP contribution >= 0.6 is 0 Å². The quantitative estimate of drug-likeness (QED) is 0.0828. The van der Waals surface area contributed by atoms with Crippen LogP contribution in [0.3, 0.4) is 0 Å². The number of fused-ring (bicyclic) bond motifs is 6. The molecule has 0 aliphatic heterocycles. The minimum atomic E-state index is -1.86. The highest BCUT2D eigenvalue weighted by atomic mass is 16.4. The van der Waals surface area contributed by atoms with Gasteiger partial charge in [0, 0.05) is 10.8 Å². The molecule has 0 spiro atoms. The van der Waals surface area contributed by atoms with E-state index >= 15 is 0 Å². The van der Waals surface area contributed by atoms with Gasteiger partial charge in [0.25, 0.3) is 0 Å². The van der Waals surface area contributed by atoms with Gasteiger partial charge >= 0.3 is 47.8 Å². The highest BCUT2D eigenvalue weighted by Crippen LogP contribution is 2.49. The summed E-state index contributed by atoms with van der Waals surface area (Å²) in [5, 5.41) is 76.9. The molecule has 0 fully saturated rings. The Labute approximate surface area is 261 Å². The van der Waals surface area contributed by atoms with E-state index in [1.165, 1.54) is 0 Å². The number of hydrogen-bond donors (Lipinski definition) is 8. The predicted octanol–water partition coefficient (Wildman–Crippen LogP) is 4.48. The smallest absolute Gasteiger partial charge is 0.337 e. The molecule has 0 aliphatic carbocycles. The van der Waals surface area contributed by atoms with Crippen molar-refractivity contribution in [2.24, 2.45) is 0 Å². The highest BCUT2D eigenvalue weighted by Gasteiger charge is 2.33. The molecule has 0 aliphatic rings. The summed E-state index contributed by atoms with van der Waals surface area (Å²) >= 11 is 0. The Hall–Kier alpha value is -7.36. The maximum absolute atomic E-state index is 12.8. The Morgan fingerprint density at radius 2 is 0.479 bits per heavy atom. The fourth-order valence-electron chi connectivity index (χ4n) is 6.40. The molecule has 0 atom stereocenters. The van der Waals surface area contributed by atoms with Crippen molar-refractivity contribution in [3.63, 3.8) is 0 Å². The molecule has 6 aromatic carbocycles. The average Bonchev–Trinajstić information content (AvgIpc) is 3.01. The Bertz CT molecular complexity index is 2450. The third kappa shape index (κ3) is 4.02. The van der Waals surface area contributed by atoms with Crippen molar-refractivity contribution in [1.29, 1.82) is 0 Å². The topological polar surface area (TPSA) is 298 Å². The molecule has 0 bridgehead atoms. The second kappa shape index (κ2) is 10.1. The van der Waals surface area contributed by atoms with Gasteiger partial charge in [0.05, 0.1) is 44.5 Å². The number of carboxylic acids is 8. The van der Waals surface area contributed by atoms with Crippen molar-refractivity contribution < 1.29 is 79.2 Å². The van der Waals surface area contributed by atoms with Gasteiger partial charge < -0.3 is 40.9 Å². The van der Waals surface area contributed by atoms with Crippen molar-refractivity contribution in [3.05, 3.63) is 80.9 Å². The van der Waals surface area contributed by atoms with E-state index in [0.29, 0.717) is 0 Å². The normalized spacial score (nSPS) is 11.4. The maximum Gasteiger partial charge on any atom is 0.337 e. The Morgan fingerprint density at radius 1 is 0.271 bits per heavy atom. The molecule has 8 N–H and O–H groups in total. The number of carboxylic acid groups (broad SMARTS) is 8. The van der Waals surface area contributed by atoms with Crippen molar-refractivity contribution in [3.8, 4) is 0 Å². The van der Waals surface area contributed by atoms with E-state index in [-0.39, 0.29) is 43.1 Å². The second-order valence-electron chi connectivity index (χ2n) is 10.5. The van der Waals surface area contributed by atoms with E-state index < -0.39 is 103 Å². The van der Waals surface area contributed by atoms with E-state index in [4.69, 9.17) is 0 Å². The zero-order valence-corrected chi connectivity index (χ0v) is 23.3. The first kappa shape index (κ1) is 30.7. The lowest BCUT2D eigenvalue weighted by Crippen LogP contribution is -2.14. The van der Waals surface area contributed by atoms with Gasteiger partial charge in [-0.2, -0.15) is 0 Å². The van der Waals surface area contributed by atoms with Gasteiger partial charge in [0.1, 0.15) is 0 Å². The lowest BCUT2D eigenvalue weighted by molar-refractivity contribution is 0.0651.